The molecule has 0 amide bonds. The Labute approximate surface area is 140 Å². The smallest absolute Gasteiger partial charge is 0.342 e. The standard InChI is InChI=1S/C15H22O3S.C3H8/c1-5-6-11-19-18-13-10-8-7-9-12(13)14(16)17-15(2,3)4;1-3-2/h7-10H,5-6,11H2,1-4H3;3H2,1-2H3. The molecule has 1 rings (SSSR count). The Morgan fingerprint density at radius 3 is 2.27 bits per heavy atom. The predicted octanol–water partition coefficient (Wildman–Crippen LogP) is 5.89. The summed E-state index contributed by atoms with van der Waals surface area (Å²) in [6.07, 6.45) is 3.48. The molecule has 3 nitrogen and oxygen atoms in total. The van der Waals surface area contributed by atoms with E-state index in [1.807, 2.05) is 32.9 Å². The number of hydrogen-bond acceptors (Lipinski definition) is 4. The SMILES string of the molecule is CCC.CCCCSOc1ccccc1C(=O)OC(C)(C)C. The summed E-state index contributed by atoms with van der Waals surface area (Å²) in [4.78, 5) is 12.1. The third kappa shape index (κ3) is 9.72. The van der Waals surface area contributed by atoms with Gasteiger partial charge in [0.25, 0.3) is 0 Å². The van der Waals surface area contributed by atoms with Gasteiger partial charge in [-0.3, -0.25) is 0 Å². The number of carbonyl (C=O) groups is 1. The van der Waals surface area contributed by atoms with E-state index in [2.05, 4.69) is 20.8 Å². The normalized spacial score (nSPS) is 10.5. The second-order valence-electron chi connectivity index (χ2n) is 5.96. The molecule has 0 aliphatic heterocycles. The summed E-state index contributed by atoms with van der Waals surface area (Å²) >= 11 is 1.37. The molecule has 0 heterocycles. The number of hydrogen-bond donors (Lipinski definition) is 0. The highest BCUT2D eigenvalue weighted by atomic mass is 32.2. The first-order valence-electron chi connectivity index (χ1n) is 7.97. The zero-order valence-electron chi connectivity index (χ0n) is 14.8. The van der Waals surface area contributed by atoms with Gasteiger partial charge in [0.05, 0.1) is 12.0 Å². The summed E-state index contributed by atoms with van der Waals surface area (Å²) in [5.74, 6) is 1.14. The minimum Gasteiger partial charge on any atom is -0.456 e. The van der Waals surface area contributed by atoms with Crippen LogP contribution in [0.3, 0.4) is 0 Å². The molecule has 126 valence electrons. The first-order valence-corrected chi connectivity index (χ1v) is 8.88. The zero-order valence-corrected chi connectivity index (χ0v) is 15.6. The van der Waals surface area contributed by atoms with Crippen LogP contribution in [0.4, 0.5) is 0 Å². The highest BCUT2D eigenvalue weighted by Gasteiger charge is 2.20. The Hall–Kier alpha value is -1.16. The fourth-order valence-electron chi connectivity index (χ4n) is 1.35. The highest BCUT2D eigenvalue weighted by Crippen LogP contribution is 2.25. The lowest BCUT2D eigenvalue weighted by Gasteiger charge is -2.20. The lowest BCUT2D eigenvalue weighted by atomic mass is 10.1. The molecule has 0 atom stereocenters. The van der Waals surface area contributed by atoms with Gasteiger partial charge >= 0.3 is 5.97 Å². The minimum absolute atomic E-state index is 0.348. The summed E-state index contributed by atoms with van der Waals surface area (Å²) in [6, 6.07) is 7.17. The molecular formula is C18H30O3S. The molecule has 1 aromatic rings. The van der Waals surface area contributed by atoms with Crippen molar-refractivity contribution in [2.24, 2.45) is 0 Å². The number of rotatable bonds is 6. The molecule has 22 heavy (non-hydrogen) atoms. The van der Waals surface area contributed by atoms with Crippen LogP contribution in [0, 0.1) is 0 Å². The molecule has 0 saturated carbocycles. The van der Waals surface area contributed by atoms with E-state index in [-0.39, 0.29) is 5.97 Å². The van der Waals surface area contributed by atoms with Crippen LogP contribution in [0.5, 0.6) is 5.75 Å². The molecule has 0 aliphatic rings. The Bertz CT molecular complexity index is 425. The average Bonchev–Trinajstić information content (AvgIpc) is 2.43. The molecule has 0 saturated heterocycles. The van der Waals surface area contributed by atoms with Crippen LogP contribution in [-0.2, 0) is 4.74 Å². The lowest BCUT2D eigenvalue weighted by molar-refractivity contribution is 0.00680. The van der Waals surface area contributed by atoms with Crippen molar-refractivity contribution in [2.45, 2.75) is 66.4 Å². The summed E-state index contributed by atoms with van der Waals surface area (Å²) in [5, 5.41) is 0. The molecule has 4 heteroatoms. The molecule has 0 aromatic heterocycles. The van der Waals surface area contributed by atoms with Crippen molar-refractivity contribution in [1.29, 1.82) is 0 Å². The summed E-state index contributed by atoms with van der Waals surface area (Å²) in [7, 11) is 0. The zero-order chi connectivity index (χ0) is 17.0. The number of unbranched alkanes of at least 4 members (excludes halogenated alkanes) is 1. The summed E-state index contributed by atoms with van der Waals surface area (Å²) < 4.78 is 11.0. The molecule has 0 bridgehead atoms. The van der Waals surface area contributed by atoms with Crippen molar-refractivity contribution in [3.8, 4) is 5.75 Å². The molecule has 0 radical (unpaired) electrons. The van der Waals surface area contributed by atoms with Gasteiger partial charge in [0, 0.05) is 5.75 Å². The first kappa shape index (κ1) is 20.8. The van der Waals surface area contributed by atoms with Crippen molar-refractivity contribution in [2.75, 3.05) is 5.75 Å². The number of ether oxygens (including phenoxy) is 1. The second-order valence-corrected chi connectivity index (χ2v) is 6.77. The van der Waals surface area contributed by atoms with Gasteiger partial charge < -0.3 is 8.92 Å². The van der Waals surface area contributed by atoms with Crippen LogP contribution < -0.4 is 4.18 Å². The topological polar surface area (TPSA) is 35.5 Å². The van der Waals surface area contributed by atoms with Crippen LogP contribution in [0.25, 0.3) is 0 Å². The third-order valence-electron chi connectivity index (χ3n) is 2.24. The molecule has 1 aromatic carbocycles. The third-order valence-corrected chi connectivity index (χ3v) is 2.99. The van der Waals surface area contributed by atoms with Crippen molar-refractivity contribution in [3.05, 3.63) is 29.8 Å². The quantitative estimate of drug-likeness (QED) is 0.371. The maximum absolute atomic E-state index is 12.1. The first-order chi connectivity index (χ1) is 10.4. The van der Waals surface area contributed by atoms with Crippen LogP contribution in [0.15, 0.2) is 24.3 Å². The van der Waals surface area contributed by atoms with Gasteiger partial charge in [-0.2, -0.15) is 0 Å². The van der Waals surface area contributed by atoms with Crippen LogP contribution >= 0.6 is 12.0 Å². The van der Waals surface area contributed by atoms with Crippen molar-refractivity contribution >= 4 is 18.0 Å². The number of para-hydroxylation sites is 1. The molecule has 0 aliphatic carbocycles. The van der Waals surface area contributed by atoms with Gasteiger partial charge in [-0.05, 0) is 39.3 Å². The Balaban J connectivity index is 0.00000135. The van der Waals surface area contributed by atoms with Crippen molar-refractivity contribution in [3.63, 3.8) is 0 Å². The molecule has 0 N–H and O–H groups in total. The van der Waals surface area contributed by atoms with E-state index >= 15 is 0 Å². The number of carbonyl (C=O) groups excluding carboxylic acids is 1. The molecule has 0 spiro atoms. The van der Waals surface area contributed by atoms with Gasteiger partial charge in [-0.25, -0.2) is 4.79 Å². The Morgan fingerprint density at radius 1 is 1.14 bits per heavy atom. The summed E-state index contributed by atoms with van der Waals surface area (Å²) in [5.41, 5.74) is -0.0269. The van der Waals surface area contributed by atoms with Crippen LogP contribution in [0.1, 0.15) is 71.2 Å². The maximum atomic E-state index is 12.1. The van der Waals surface area contributed by atoms with Gasteiger partial charge in [0.1, 0.15) is 11.2 Å². The van der Waals surface area contributed by atoms with E-state index in [0.29, 0.717) is 11.3 Å². The second kappa shape index (κ2) is 11.4. The van der Waals surface area contributed by atoms with E-state index in [1.54, 1.807) is 12.1 Å². The van der Waals surface area contributed by atoms with Crippen molar-refractivity contribution < 1.29 is 13.7 Å². The van der Waals surface area contributed by atoms with Gasteiger partial charge in [-0.1, -0.05) is 45.7 Å². The highest BCUT2D eigenvalue weighted by molar-refractivity contribution is 7.95. The predicted molar refractivity (Wildman–Crippen MR) is 95.6 cm³/mol. The average molecular weight is 327 g/mol. The largest absolute Gasteiger partial charge is 0.456 e. The molecular weight excluding hydrogens is 296 g/mol. The fourth-order valence-corrected chi connectivity index (χ4v) is 2.11. The fraction of sp³-hybridized carbons (Fsp3) is 0.611. The van der Waals surface area contributed by atoms with Crippen molar-refractivity contribution in [1.82, 2.24) is 0 Å². The number of benzene rings is 1. The van der Waals surface area contributed by atoms with Crippen LogP contribution in [-0.4, -0.2) is 17.3 Å². The Kier molecular flexibility index (Phi) is 10.8. The maximum Gasteiger partial charge on any atom is 0.342 e. The summed E-state index contributed by atoms with van der Waals surface area (Å²) in [6.45, 7) is 11.9. The molecule has 0 unspecified atom stereocenters. The van der Waals surface area contributed by atoms with E-state index < -0.39 is 5.60 Å². The number of esters is 1. The lowest BCUT2D eigenvalue weighted by Crippen LogP contribution is -2.24. The minimum atomic E-state index is -0.500. The van der Waals surface area contributed by atoms with E-state index in [0.717, 1.165) is 18.6 Å². The van der Waals surface area contributed by atoms with Gasteiger partial charge in [0.2, 0.25) is 0 Å². The monoisotopic (exact) mass is 326 g/mol. The van der Waals surface area contributed by atoms with Gasteiger partial charge in [-0.15, -0.1) is 0 Å². The Morgan fingerprint density at radius 2 is 1.73 bits per heavy atom. The van der Waals surface area contributed by atoms with Crippen LogP contribution in [0.2, 0.25) is 0 Å². The molecule has 0 fully saturated rings. The van der Waals surface area contributed by atoms with E-state index in [9.17, 15) is 4.79 Å². The van der Waals surface area contributed by atoms with E-state index in [1.165, 1.54) is 18.5 Å². The van der Waals surface area contributed by atoms with E-state index in [4.69, 9.17) is 8.92 Å². The van der Waals surface area contributed by atoms with Gasteiger partial charge in [0.15, 0.2) is 5.75 Å².